The Bertz CT molecular complexity index is 180. The highest BCUT2D eigenvalue weighted by molar-refractivity contribution is 5.21. The van der Waals surface area contributed by atoms with Gasteiger partial charge in [0, 0.05) is 0 Å². The lowest BCUT2D eigenvalue weighted by Gasteiger charge is -2.03. The Labute approximate surface area is 76.7 Å². The standard InChI is InChI=1S/C12H20/c1-5-7-8-9-12(6-2)10-11(3)4/h5-9,11H,10H2,1-4H3/b7-5-,9-8-,12-6+. The van der Waals surface area contributed by atoms with Crippen molar-refractivity contribution in [3.8, 4) is 0 Å². The Hall–Kier alpha value is -0.780. The third-order valence-corrected chi connectivity index (χ3v) is 1.63. The van der Waals surface area contributed by atoms with E-state index in [1.165, 1.54) is 12.0 Å². The van der Waals surface area contributed by atoms with Crippen LogP contribution in [0.4, 0.5) is 0 Å². The Morgan fingerprint density at radius 2 is 1.83 bits per heavy atom. The van der Waals surface area contributed by atoms with E-state index in [0.717, 1.165) is 5.92 Å². The molecule has 0 aliphatic carbocycles. The second kappa shape index (κ2) is 6.90. The molecule has 0 aromatic carbocycles. The topological polar surface area (TPSA) is 0 Å². The molecule has 0 aliphatic heterocycles. The SMILES string of the molecule is C\C=C/C=C\C(=C/C)CC(C)C. The van der Waals surface area contributed by atoms with Crippen LogP contribution < -0.4 is 0 Å². The minimum absolute atomic E-state index is 0.742. The maximum Gasteiger partial charge on any atom is -0.0259 e. The van der Waals surface area contributed by atoms with Crippen molar-refractivity contribution < 1.29 is 0 Å². The van der Waals surface area contributed by atoms with Crippen LogP contribution in [-0.4, -0.2) is 0 Å². The van der Waals surface area contributed by atoms with Crippen molar-refractivity contribution in [2.24, 2.45) is 5.92 Å². The highest BCUT2D eigenvalue weighted by Gasteiger charge is 1.94. The molecule has 68 valence electrons. The average Bonchev–Trinajstić information content (AvgIpc) is 2.02. The van der Waals surface area contributed by atoms with Crippen LogP contribution in [0.2, 0.25) is 0 Å². The summed E-state index contributed by atoms with van der Waals surface area (Å²) in [5.74, 6) is 0.742. The van der Waals surface area contributed by atoms with Gasteiger partial charge in [-0.25, -0.2) is 0 Å². The zero-order valence-electron chi connectivity index (χ0n) is 8.67. The van der Waals surface area contributed by atoms with Crippen LogP contribution in [0.15, 0.2) is 36.0 Å². The first kappa shape index (κ1) is 11.2. The zero-order chi connectivity index (χ0) is 9.40. The van der Waals surface area contributed by atoms with Gasteiger partial charge in [0.05, 0.1) is 0 Å². The molecule has 0 rings (SSSR count). The molecule has 0 heteroatoms. The van der Waals surface area contributed by atoms with Crippen LogP contribution >= 0.6 is 0 Å². The van der Waals surface area contributed by atoms with E-state index in [0.29, 0.717) is 0 Å². The minimum Gasteiger partial charge on any atom is -0.0877 e. The fraction of sp³-hybridized carbons (Fsp3) is 0.500. The van der Waals surface area contributed by atoms with Gasteiger partial charge in [-0.15, -0.1) is 0 Å². The lowest BCUT2D eigenvalue weighted by atomic mass is 10.0. The molecule has 0 amide bonds. The van der Waals surface area contributed by atoms with Crippen LogP contribution in [0.5, 0.6) is 0 Å². The molecular weight excluding hydrogens is 144 g/mol. The van der Waals surface area contributed by atoms with Crippen LogP contribution in [0.25, 0.3) is 0 Å². The molecule has 0 unspecified atom stereocenters. The summed E-state index contributed by atoms with van der Waals surface area (Å²) >= 11 is 0. The number of allylic oxidation sites excluding steroid dienone is 6. The average molecular weight is 164 g/mol. The molecule has 0 aromatic rings. The van der Waals surface area contributed by atoms with E-state index in [-0.39, 0.29) is 0 Å². The second-order valence-corrected chi connectivity index (χ2v) is 3.35. The molecule has 0 bridgehead atoms. The van der Waals surface area contributed by atoms with Gasteiger partial charge in [0.15, 0.2) is 0 Å². The van der Waals surface area contributed by atoms with E-state index in [9.17, 15) is 0 Å². The monoisotopic (exact) mass is 164 g/mol. The van der Waals surface area contributed by atoms with Crippen LogP contribution in [0, 0.1) is 5.92 Å². The van der Waals surface area contributed by atoms with Crippen molar-refractivity contribution >= 4 is 0 Å². The van der Waals surface area contributed by atoms with Gasteiger partial charge in [0.1, 0.15) is 0 Å². The first-order valence-electron chi connectivity index (χ1n) is 4.65. The fourth-order valence-electron chi connectivity index (χ4n) is 1.04. The van der Waals surface area contributed by atoms with E-state index in [1.807, 2.05) is 13.0 Å². The predicted octanol–water partition coefficient (Wildman–Crippen LogP) is 4.11. The quantitative estimate of drug-likeness (QED) is 0.548. The molecule has 0 nitrogen and oxygen atoms in total. The van der Waals surface area contributed by atoms with E-state index < -0.39 is 0 Å². The molecule has 0 radical (unpaired) electrons. The lowest BCUT2D eigenvalue weighted by molar-refractivity contribution is 0.649. The number of rotatable bonds is 4. The van der Waals surface area contributed by atoms with Crippen molar-refractivity contribution in [2.45, 2.75) is 34.1 Å². The largest absolute Gasteiger partial charge is 0.0877 e. The van der Waals surface area contributed by atoms with Crippen molar-refractivity contribution in [3.63, 3.8) is 0 Å². The van der Waals surface area contributed by atoms with Gasteiger partial charge >= 0.3 is 0 Å². The van der Waals surface area contributed by atoms with Gasteiger partial charge in [-0.05, 0) is 26.2 Å². The highest BCUT2D eigenvalue weighted by atomic mass is 14.0. The summed E-state index contributed by atoms with van der Waals surface area (Å²) in [5.41, 5.74) is 1.42. The molecule has 0 atom stereocenters. The summed E-state index contributed by atoms with van der Waals surface area (Å²) in [6.07, 6.45) is 11.7. The van der Waals surface area contributed by atoms with E-state index in [2.05, 4.69) is 45.1 Å². The molecule has 0 aliphatic rings. The van der Waals surface area contributed by atoms with Gasteiger partial charge in [0.25, 0.3) is 0 Å². The van der Waals surface area contributed by atoms with Crippen LogP contribution in [0.3, 0.4) is 0 Å². The summed E-state index contributed by atoms with van der Waals surface area (Å²) in [5, 5.41) is 0. The molecule has 0 spiro atoms. The van der Waals surface area contributed by atoms with Crippen molar-refractivity contribution in [3.05, 3.63) is 36.0 Å². The normalized spacial score (nSPS) is 13.9. The Morgan fingerprint density at radius 3 is 2.25 bits per heavy atom. The van der Waals surface area contributed by atoms with Gasteiger partial charge in [0.2, 0.25) is 0 Å². The van der Waals surface area contributed by atoms with Crippen LogP contribution in [-0.2, 0) is 0 Å². The molecular formula is C12H20. The number of hydrogen-bond acceptors (Lipinski definition) is 0. The van der Waals surface area contributed by atoms with Crippen LogP contribution in [0.1, 0.15) is 34.1 Å². The Morgan fingerprint density at radius 1 is 1.17 bits per heavy atom. The first-order chi connectivity index (χ1) is 5.70. The van der Waals surface area contributed by atoms with Gasteiger partial charge in [-0.1, -0.05) is 49.8 Å². The fourth-order valence-corrected chi connectivity index (χ4v) is 1.04. The van der Waals surface area contributed by atoms with Gasteiger partial charge < -0.3 is 0 Å². The summed E-state index contributed by atoms with van der Waals surface area (Å²) < 4.78 is 0. The van der Waals surface area contributed by atoms with E-state index in [1.54, 1.807) is 0 Å². The zero-order valence-corrected chi connectivity index (χ0v) is 8.67. The van der Waals surface area contributed by atoms with Crippen molar-refractivity contribution in [1.29, 1.82) is 0 Å². The van der Waals surface area contributed by atoms with Gasteiger partial charge in [-0.3, -0.25) is 0 Å². The maximum absolute atomic E-state index is 2.24. The molecule has 0 saturated heterocycles. The Balaban J connectivity index is 4.01. The molecule has 0 aromatic heterocycles. The lowest BCUT2D eigenvalue weighted by Crippen LogP contribution is -1.88. The molecule has 12 heavy (non-hydrogen) atoms. The maximum atomic E-state index is 2.24. The Kier molecular flexibility index (Phi) is 6.45. The summed E-state index contributed by atoms with van der Waals surface area (Å²) in [7, 11) is 0. The molecule has 0 N–H and O–H groups in total. The molecule has 0 saturated carbocycles. The minimum atomic E-state index is 0.742. The molecule has 0 heterocycles. The molecule has 0 fully saturated rings. The van der Waals surface area contributed by atoms with E-state index in [4.69, 9.17) is 0 Å². The predicted molar refractivity (Wildman–Crippen MR) is 57.2 cm³/mol. The third-order valence-electron chi connectivity index (χ3n) is 1.63. The number of hydrogen-bond donors (Lipinski definition) is 0. The van der Waals surface area contributed by atoms with Gasteiger partial charge in [-0.2, -0.15) is 0 Å². The first-order valence-corrected chi connectivity index (χ1v) is 4.65. The summed E-state index contributed by atoms with van der Waals surface area (Å²) in [4.78, 5) is 0. The summed E-state index contributed by atoms with van der Waals surface area (Å²) in [6, 6.07) is 0. The summed E-state index contributed by atoms with van der Waals surface area (Å²) in [6.45, 7) is 8.61. The van der Waals surface area contributed by atoms with Crippen molar-refractivity contribution in [1.82, 2.24) is 0 Å². The third kappa shape index (κ3) is 5.96. The van der Waals surface area contributed by atoms with E-state index >= 15 is 0 Å². The highest BCUT2D eigenvalue weighted by Crippen LogP contribution is 2.11. The van der Waals surface area contributed by atoms with Crippen molar-refractivity contribution in [2.75, 3.05) is 0 Å². The second-order valence-electron chi connectivity index (χ2n) is 3.35. The smallest absolute Gasteiger partial charge is 0.0259 e.